The summed E-state index contributed by atoms with van der Waals surface area (Å²) in [5, 5.41) is 21.3. The molecule has 1 aliphatic heterocycles. The van der Waals surface area contributed by atoms with E-state index in [0.717, 1.165) is 22.5 Å². The summed E-state index contributed by atoms with van der Waals surface area (Å²) in [5.41, 5.74) is 0.593. The number of phenolic OH excluding ortho intramolecular Hbond substituents is 1. The van der Waals surface area contributed by atoms with Crippen LogP contribution in [-0.2, 0) is 25.3 Å². The van der Waals surface area contributed by atoms with Gasteiger partial charge in [-0.2, -0.15) is 0 Å². The van der Waals surface area contributed by atoms with E-state index in [1.165, 1.54) is 19.2 Å². The van der Waals surface area contributed by atoms with Crippen molar-refractivity contribution in [3.63, 3.8) is 0 Å². The number of aromatic hydroxyl groups is 1. The average Bonchev–Trinajstić information content (AvgIpc) is 3.06. The molecule has 0 bridgehead atoms. The maximum absolute atomic E-state index is 13.6. The number of aromatic nitrogens is 1. The molecule has 2 heterocycles. The zero-order valence-electron chi connectivity index (χ0n) is 17.6. The third-order valence-corrected chi connectivity index (χ3v) is 6.79. The lowest BCUT2D eigenvalue weighted by atomic mass is 9.60. The molecule has 1 aromatic heterocycles. The number of ether oxygens (including phenoxy) is 2. The van der Waals surface area contributed by atoms with E-state index in [9.17, 15) is 19.4 Å². The smallest absolute Gasteiger partial charge is 0.336 e. The Morgan fingerprint density at radius 1 is 1.16 bits per heavy atom. The normalized spacial score (nSPS) is 26.6. The largest absolute Gasteiger partial charge is 0.507 e. The molecule has 0 amide bonds. The molecule has 7 heteroatoms. The van der Waals surface area contributed by atoms with Crippen LogP contribution in [0.2, 0.25) is 0 Å². The molecule has 1 fully saturated rings. The predicted octanol–water partition coefficient (Wildman–Crippen LogP) is 4.24. The van der Waals surface area contributed by atoms with E-state index >= 15 is 0 Å². The van der Waals surface area contributed by atoms with Gasteiger partial charge in [-0.25, -0.2) is 9.18 Å². The van der Waals surface area contributed by atoms with Crippen molar-refractivity contribution in [1.29, 1.82) is 0 Å². The number of nitrogens with zero attached hydrogens (tertiary/aromatic N) is 1. The van der Waals surface area contributed by atoms with Crippen molar-refractivity contribution in [2.75, 3.05) is 13.7 Å². The highest BCUT2D eigenvalue weighted by atomic mass is 19.1. The van der Waals surface area contributed by atoms with Crippen molar-refractivity contribution in [1.82, 2.24) is 4.57 Å². The van der Waals surface area contributed by atoms with Gasteiger partial charge >= 0.3 is 5.97 Å². The number of benzene rings is 2. The topological polar surface area (TPSA) is 80.9 Å². The van der Waals surface area contributed by atoms with Crippen LogP contribution < -0.4 is 0 Å². The summed E-state index contributed by atoms with van der Waals surface area (Å²) in [4.78, 5) is 11.9. The Bertz CT molecular complexity index is 1200. The van der Waals surface area contributed by atoms with E-state index in [1.807, 2.05) is 24.5 Å². The maximum atomic E-state index is 13.6. The fourth-order valence-electron chi connectivity index (χ4n) is 5.26. The Morgan fingerprint density at radius 2 is 1.84 bits per heavy atom. The van der Waals surface area contributed by atoms with Crippen LogP contribution in [0.3, 0.4) is 0 Å². The van der Waals surface area contributed by atoms with Crippen LogP contribution in [0.25, 0.3) is 16.6 Å². The van der Waals surface area contributed by atoms with Gasteiger partial charge in [0.05, 0.1) is 12.1 Å². The van der Waals surface area contributed by atoms with Gasteiger partial charge in [-0.1, -0.05) is 19.9 Å². The lowest BCUT2D eigenvalue weighted by Gasteiger charge is -2.56. The van der Waals surface area contributed by atoms with Gasteiger partial charge in [0, 0.05) is 47.7 Å². The number of fused-ring (bicyclic) bond motifs is 4. The Balaban J connectivity index is 1.84. The third kappa shape index (κ3) is 2.60. The fourth-order valence-corrected chi connectivity index (χ4v) is 5.26. The minimum Gasteiger partial charge on any atom is -0.507 e. The van der Waals surface area contributed by atoms with Gasteiger partial charge in [-0.05, 0) is 36.4 Å². The highest BCUT2D eigenvalue weighted by molar-refractivity contribution is 5.95. The quantitative estimate of drug-likeness (QED) is 0.656. The summed E-state index contributed by atoms with van der Waals surface area (Å²) in [6.45, 7) is 4.47. The maximum Gasteiger partial charge on any atom is 0.336 e. The number of phenols is 1. The Labute approximate surface area is 178 Å². The number of rotatable bonds is 3. The summed E-state index contributed by atoms with van der Waals surface area (Å²) in [5.74, 6) is -1.26. The van der Waals surface area contributed by atoms with Crippen molar-refractivity contribution >= 4 is 16.9 Å². The van der Waals surface area contributed by atoms with E-state index in [4.69, 9.17) is 9.47 Å². The molecule has 1 aliphatic carbocycles. The Hall–Kier alpha value is -2.90. The molecular formula is C24H24FNO5. The second-order valence-electron chi connectivity index (χ2n) is 9.23. The zero-order valence-corrected chi connectivity index (χ0v) is 17.6. The number of carbonyl (C=O) groups is 1. The second-order valence-corrected chi connectivity index (χ2v) is 9.23. The molecule has 31 heavy (non-hydrogen) atoms. The van der Waals surface area contributed by atoms with Crippen LogP contribution in [0.1, 0.15) is 37.9 Å². The molecule has 0 radical (unpaired) electrons. The summed E-state index contributed by atoms with van der Waals surface area (Å²) in [7, 11) is 1.40. The molecule has 2 aliphatic rings. The van der Waals surface area contributed by atoms with Gasteiger partial charge in [0.2, 0.25) is 0 Å². The Morgan fingerprint density at radius 3 is 2.45 bits per heavy atom. The SMILES string of the molecule is COC1(C(=O)O)CC2(C1)OCC(C)(C)c1c2c2c(O)cccc2n1-c1ccc(F)cc1. The second kappa shape index (κ2) is 6.31. The van der Waals surface area contributed by atoms with Gasteiger partial charge in [0.1, 0.15) is 17.2 Å². The van der Waals surface area contributed by atoms with Crippen LogP contribution in [-0.4, -0.2) is 40.1 Å². The van der Waals surface area contributed by atoms with E-state index < -0.39 is 22.6 Å². The van der Waals surface area contributed by atoms with Crippen LogP contribution in [0, 0.1) is 5.82 Å². The van der Waals surface area contributed by atoms with Gasteiger partial charge in [0.25, 0.3) is 0 Å². The van der Waals surface area contributed by atoms with E-state index in [1.54, 1.807) is 24.3 Å². The van der Waals surface area contributed by atoms with Crippen LogP contribution in [0.5, 0.6) is 5.75 Å². The molecule has 0 unspecified atom stereocenters. The molecule has 1 spiro atoms. The summed E-state index contributed by atoms with van der Waals surface area (Å²) in [6, 6.07) is 11.5. The minimum atomic E-state index is -1.33. The number of aliphatic carboxylic acids is 1. The van der Waals surface area contributed by atoms with E-state index in [-0.39, 0.29) is 24.4 Å². The van der Waals surface area contributed by atoms with Crippen LogP contribution in [0.15, 0.2) is 42.5 Å². The van der Waals surface area contributed by atoms with Gasteiger partial charge in [-0.15, -0.1) is 0 Å². The molecule has 2 N–H and O–H groups in total. The number of hydrogen-bond acceptors (Lipinski definition) is 4. The molecule has 0 atom stereocenters. The molecule has 1 saturated carbocycles. The molecular weight excluding hydrogens is 401 g/mol. The molecule has 0 saturated heterocycles. The number of carboxylic acid groups (broad SMARTS) is 1. The molecule has 6 nitrogen and oxygen atoms in total. The first-order valence-corrected chi connectivity index (χ1v) is 10.2. The number of carboxylic acids is 1. The number of methoxy groups -OCH3 is 1. The zero-order chi connectivity index (χ0) is 22.2. The highest BCUT2D eigenvalue weighted by Crippen LogP contribution is 2.61. The average molecular weight is 425 g/mol. The standard InChI is InChI=1S/C24H24FNO5/c1-22(2)13-31-23(11-24(12-23,30-3)21(28)29)19-18-16(5-4-6-17(18)27)26(20(19)22)15-9-7-14(25)8-10-15/h4-10,27H,11-13H2,1-3H3,(H,28,29). The highest BCUT2D eigenvalue weighted by Gasteiger charge is 2.65. The molecule has 5 rings (SSSR count). The molecule has 2 aromatic carbocycles. The predicted molar refractivity (Wildman–Crippen MR) is 112 cm³/mol. The third-order valence-electron chi connectivity index (χ3n) is 6.79. The summed E-state index contributed by atoms with van der Waals surface area (Å²) < 4.78 is 27.4. The molecule has 3 aromatic rings. The number of hydrogen-bond donors (Lipinski definition) is 2. The van der Waals surface area contributed by atoms with Gasteiger partial charge < -0.3 is 24.3 Å². The van der Waals surface area contributed by atoms with Crippen molar-refractivity contribution in [3.8, 4) is 11.4 Å². The lowest BCUT2D eigenvalue weighted by molar-refractivity contribution is -0.242. The van der Waals surface area contributed by atoms with Gasteiger partial charge in [-0.3, -0.25) is 0 Å². The first-order chi connectivity index (χ1) is 14.6. The Kier molecular flexibility index (Phi) is 4.08. The first kappa shape index (κ1) is 20.0. The van der Waals surface area contributed by atoms with Crippen LogP contribution in [0.4, 0.5) is 4.39 Å². The minimum absolute atomic E-state index is 0.0977. The van der Waals surface area contributed by atoms with E-state index in [2.05, 4.69) is 0 Å². The van der Waals surface area contributed by atoms with Crippen LogP contribution >= 0.6 is 0 Å². The van der Waals surface area contributed by atoms with E-state index in [0.29, 0.717) is 12.0 Å². The van der Waals surface area contributed by atoms with Crippen molar-refractivity contribution in [3.05, 3.63) is 59.5 Å². The lowest BCUT2D eigenvalue weighted by Crippen LogP contribution is -2.63. The summed E-state index contributed by atoms with van der Waals surface area (Å²) in [6.07, 6.45) is 0.289. The molecule has 162 valence electrons. The number of halogens is 1. The van der Waals surface area contributed by atoms with Gasteiger partial charge in [0.15, 0.2) is 5.60 Å². The van der Waals surface area contributed by atoms with Crippen molar-refractivity contribution < 1.29 is 28.9 Å². The first-order valence-electron chi connectivity index (χ1n) is 10.2. The van der Waals surface area contributed by atoms with Crippen molar-refractivity contribution in [2.24, 2.45) is 0 Å². The van der Waals surface area contributed by atoms with Crippen molar-refractivity contribution in [2.45, 2.75) is 43.3 Å². The fraction of sp³-hybridized carbons (Fsp3) is 0.375. The monoisotopic (exact) mass is 425 g/mol. The summed E-state index contributed by atoms with van der Waals surface area (Å²) >= 11 is 0.